The van der Waals surface area contributed by atoms with E-state index in [1.54, 1.807) is 0 Å². The van der Waals surface area contributed by atoms with Crippen LogP contribution in [0.15, 0.2) is 0 Å². The summed E-state index contributed by atoms with van der Waals surface area (Å²) in [5.41, 5.74) is 0. The minimum Gasteiger partial charge on any atom is -0.436 e. The van der Waals surface area contributed by atoms with Gasteiger partial charge in [-0.05, 0) is 0 Å². The maximum absolute atomic E-state index is 10.1. The molecule has 0 spiro atoms. The molecule has 0 amide bonds. The highest BCUT2D eigenvalue weighted by Gasteiger charge is 2.04. The highest BCUT2D eigenvalue weighted by atomic mass is 35.5. The predicted molar refractivity (Wildman–Crippen MR) is 33.1 cm³/mol. The molecule has 0 aromatic rings. The van der Waals surface area contributed by atoms with Crippen molar-refractivity contribution in [3.05, 3.63) is 0 Å². The fourth-order valence-electron chi connectivity index (χ4n) is 0.344. The lowest BCUT2D eigenvalue weighted by molar-refractivity contribution is -0.165. The van der Waals surface area contributed by atoms with Gasteiger partial charge in [-0.25, -0.2) is 0 Å². The molecule has 4 heteroatoms. The molecular formula is C5H9ClO3. The second-order valence-electron chi connectivity index (χ2n) is 1.54. The number of carbonyl (C=O) groups is 1. The van der Waals surface area contributed by atoms with Crippen LogP contribution in [0.3, 0.4) is 0 Å². The molecule has 0 radical (unpaired) electrons. The molecule has 0 rings (SSSR count). The van der Waals surface area contributed by atoms with Gasteiger partial charge in [0.25, 0.3) is 0 Å². The summed E-state index contributed by atoms with van der Waals surface area (Å²) in [6.45, 7) is 1.23. The van der Waals surface area contributed by atoms with Gasteiger partial charge in [-0.1, -0.05) is 0 Å². The molecule has 0 fully saturated rings. The number of hydrogen-bond acceptors (Lipinski definition) is 3. The van der Waals surface area contributed by atoms with Crippen LogP contribution in [-0.4, -0.2) is 23.2 Å². The second-order valence-corrected chi connectivity index (χ2v) is 1.92. The molecule has 0 aromatic heterocycles. The molecule has 0 bridgehead atoms. The molecule has 54 valence electrons. The van der Waals surface area contributed by atoms with Crippen LogP contribution in [0, 0.1) is 0 Å². The molecule has 0 heterocycles. The Hall–Kier alpha value is -0.280. The number of hydrogen-bond donors (Lipinski definition) is 1. The summed E-state index contributed by atoms with van der Waals surface area (Å²) in [6.07, 6.45) is -0.763. The Morgan fingerprint density at radius 1 is 1.89 bits per heavy atom. The summed E-state index contributed by atoms with van der Waals surface area (Å²) in [5, 5.41) is 8.69. The van der Waals surface area contributed by atoms with Crippen LogP contribution >= 0.6 is 11.6 Å². The van der Waals surface area contributed by atoms with Crippen molar-refractivity contribution in [3.8, 4) is 0 Å². The topological polar surface area (TPSA) is 46.5 Å². The zero-order valence-corrected chi connectivity index (χ0v) is 5.89. The Balaban J connectivity index is 3.26. The summed E-state index contributed by atoms with van der Waals surface area (Å²) in [5.74, 6) is -0.207. The van der Waals surface area contributed by atoms with Gasteiger partial charge in [0.15, 0.2) is 0 Å². The Bertz CT molecular complexity index is 94.2. The Kier molecular flexibility index (Phi) is 4.44. The molecule has 3 nitrogen and oxygen atoms in total. The lowest BCUT2D eigenvalue weighted by atomic mass is 10.5. The van der Waals surface area contributed by atoms with E-state index in [4.69, 9.17) is 16.7 Å². The lowest BCUT2D eigenvalue weighted by Crippen LogP contribution is -2.15. The molecule has 1 atom stereocenters. The maximum Gasteiger partial charge on any atom is 0.304 e. The van der Waals surface area contributed by atoms with Gasteiger partial charge in [0.1, 0.15) is 0 Å². The van der Waals surface area contributed by atoms with Crippen molar-refractivity contribution in [2.24, 2.45) is 0 Å². The first-order valence-electron chi connectivity index (χ1n) is 2.58. The van der Waals surface area contributed by atoms with Crippen LogP contribution in [0.4, 0.5) is 0 Å². The van der Waals surface area contributed by atoms with E-state index in [0.717, 1.165) is 0 Å². The monoisotopic (exact) mass is 152 g/mol. The Labute approximate surface area is 58.6 Å². The molecule has 0 aromatic carbocycles. The fraction of sp³-hybridized carbons (Fsp3) is 0.800. The molecule has 0 aliphatic carbocycles. The third kappa shape index (κ3) is 5.59. The zero-order chi connectivity index (χ0) is 7.28. The van der Waals surface area contributed by atoms with Crippen LogP contribution in [0.5, 0.6) is 0 Å². The Morgan fingerprint density at radius 2 is 2.44 bits per heavy atom. The highest BCUT2D eigenvalue weighted by molar-refractivity contribution is 6.17. The van der Waals surface area contributed by atoms with Crippen molar-refractivity contribution in [1.29, 1.82) is 0 Å². The van der Waals surface area contributed by atoms with E-state index >= 15 is 0 Å². The third-order valence-corrected chi connectivity index (χ3v) is 0.876. The summed E-state index contributed by atoms with van der Waals surface area (Å²) < 4.78 is 4.32. The number of rotatable bonds is 3. The quantitative estimate of drug-likeness (QED) is 0.364. The number of esters is 1. The molecule has 0 aliphatic rings. The summed E-state index contributed by atoms with van der Waals surface area (Å²) in [4.78, 5) is 10.1. The van der Waals surface area contributed by atoms with Crippen LogP contribution in [0.2, 0.25) is 0 Å². The van der Waals surface area contributed by atoms with E-state index in [1.165, 1.54) is 6.92 Å². The fourth-order valence-corrected chi connectivity index (χ4v) is 0.531. The number of ether oxygens (including phenoxy) is 1. The highest BCUT2D eigenvalue weighted by Crippen LogP contribution is 1.95. The van der Waals surface area contributed by atoms with Gasteiger partial charge in [0, 0.05) is 19.2 Å². The van der Waals surface area contributed by atoms with Crippen LogP contribution in [-0.2, 0) is 9.53 Å². The normalized spacial score (nSPS) is 12.8. The lowest BCUT2D eigenvalue weighted by Gasteiger charge is -2.06. The first-order valence-corrected chi connectivity index (χ1v) is 3.11. The molecule has 0 aliphatic heterocycles. The largest absolute Gasteiger partial charge is 0.436 e. The van der Waals surface area contributed by atoms with Crippen LogP contribution in [0.25, 0.3) is 0 Å². The van der Waals surface area contributed by atoms with Crippen molar-refractivity contribution in [3.63, 3.8) is 0 Å². The smallest absolute Gasteiger partial charge is 0.304 e. The number of aliphatic hydroxyl groups is 1. The summed E-state index contributed by atoms with van der Waals surface area (Å²) in [7, 11) is 0. The molecule has 1 N–H and O–H groups in total. The average Bonchev–Trinajstić information content (AvgIpc) is 1.63. The second kappa shape index (κ2) is 4.58. The zero-order valence-electron chi connectivity index (χ0n) is 5.13. The third-order valence-electron chi connectivity index (χ3n) is 0.658. The van der Waals surface area contributed by atoms with Crippen LogP contribution < -0.4 is 0 Å². The Morgan fingerprint density at radius 3 is 2.78 bits per heavy atom. The van der Waals surface area contributed by atoms with E-state index in [-0.39, 0.29) is 12.3 Å². The minimum absolute atomic E-state index is 0.279. The molecule has 0 saturated carbocycles. The van der Waals surface area contributed by atoms with Crippen molar-refractivity contribution < 1.29 is 14.6 Å². The van der Waals surface area contributed by atoms with E-state index in [0.29, 0.717) is 0 Å². The van der Waals surface area contributed by atoms with Gasteiger partial charge in [0.05, 0.1) is 0 Å². The van der Waals surface area contributed by atoms with Gasteiger partial charge >= 0.3 is 5.97 Å². The van der Waals surface area contributed by atoms with Gasteiger partial charge in [-0.2, -0.15) is 0 Å². The molecule has 0 saturated heterocycles. The molecule has 1 unspecified atom stereocenters. The van der Waals surface area contributed by atoms with Gasteiger partial charge < -0.3 is 9.84 Å². The summed E-state index contributed by atoms with van der Waals surface area (Å²) >= 11 is 5.23. The number of alkyl halides is 1. The van der Waals surface area contributed by atoms with Crippen molar-refractivity contribution in [1.82, 2.24) is 0 Å². The maximum atomic E-state index is 10.1. The van der Waals surface area contributed by atoms with E-state index in [1.807, 2.05) is 0 Å². The summed E-state index contributed by atoms with van der Waals surface area (Å²) in [6, 6.07) is 0. The van der Waals surface area contributed by atoms with Crippen molar-refractivity contribution in [2.75, 3.05) is 5.88 Å². The van der Waals surface area contributed by atoms with Gasteiger partial charge in [-0.3, -0.25) is 4.79 Å². The van der Waals surface area contributed by atoms with Crippen molar-refractivity contribution in [2.45, 2.75) is 19.6 Å². The van der Waals surface area contributed by atoms with Crippen molar-refractivity contribution >= 4 is 17.6 Å². The van der Waals surface area contributed by atoms with Gasteiger partial charge in [0.2, 0.25) is 6.29 Å². The average molecular weight is 153 g/mol. The first-order chi connectivity index (χ1) is 4.16. The SMILES string of the molecule is CC(=O)OC(O)CCCl. The van der Waals surface area contributed by atoms with Gasteiger partial charge in [-0.15, -0.1) is 11.6 Å². The predicted octanol–water partition coefficient (Wildman–Crippen LogP) is 0.497. The molecular weight excluding hydrogens is 144 g/mol. The minimum atomic E-state index is -1.04. The van der Waals surface area contributed by atoms with Crippen LogP contribution in [0.1, 0.15) is 13.3 Å². The number of carbonyl (C=O) groups excluding carboxylic acids is 1. The van der Waals surface area contributed by atoms with E-state index < -0.39 is 12.3 Å². The first kappa shape index (κ1) is 8.72. The standard InChI is InChI=1S/C5H9ClO3/c1-4(7)9-5(8)2-3-6/h5,8H,2-3H2,1H3. The molecule has 9 heavy (non-hydrogen) atoms. The number of halogens is 1. The van der Waals surface area contributed by atoms with E-state index in [2.05, 4.69) is 4.74 Å². The van der Waals surface area contributed by atoms with E-state index in [9.17, 15) is 4.79 Å². The number of aliphatic hydroxyl groups excluding tert-OH is 1.